The van der Waals surface area contributed by atoms with Crippen LogP contribution < -0.4 is 5.32 Å². The van der Waals surface area contributed by atoms with E-state index in [1.807, 2.05) is 36.4 Å². The molecule has 1 atom stereocenters. The molecule has 1 aromatic carbocycles. The summed E-state index contributed by atoms with van der Waals surface area (Å²) in [7, 11) is -4.23. The van der Waals surface area contributed by atoms with Crippen LogP contribution in [0.3, 0.4) is 0 Å². The summed E-state index contributed by atoms with van der Waals surface area (Å²) in [5.74, 6) is -0.944. The highest BCUT2D eigenvalue weighted by Gasteiger charge is 2.56. The fourth-order valence-corrected chi connectivity index (χ4v) is 6.74. The zero-order chi connectivity index (χ0) is 29.6. The van der Waals surface area contributed by atoms with Crippen LogP contribution in [-0.2, 0) is 23.1 Å². The third-order valence-electron chi connectivity index (χ3n) is 7.21. The molecule has 2 aromatic rings. The molecule has 2 aliphatic rings. The van der Waals surface area contributed by atoms with Crippen LogP contribution >= 0.6 is 7.60 Å². The Morgan fingerprint density at radius 3 is 2.12 bits per heavy atom. The molecule has 3 amide bonds. The van der Waals surface area contributed by atoms with Crippen molar-refractivity contribution in [3.8, 4) is 11.3 Å². The third-order valence-corrected chi connectivity index (χ3v) is 9.81. The van der Waals surface area contributed by atoms with E-state index in [0.717, 1.165) is 24.0 Å². The molecule has 1 saturated carbocycles. The van der Waals surface area contributed by atoms with Crippen molar-refractivity contribution in [2.75, 3.05) is 46.0 Å². The highest BCUT2D eigenvalue weighted by atomic mass is 31.2. The first-order chi connectivity index (χ1) is 19.7. The molecule has 0 unspecified atom stereocenters. The number of nitrogens with zero attached hydrogens (tertiary/aromatic N) is 3. The number of nitrogens with one attached hydrogen (secondary N) is 1. The molecule has 11 nitrogen and oxygen atoms in total. The summed E-state index contributed by atoms with van der Waals surface area (Å²) in [5, 5.41) is 0.676. The summed E-state index contributed by atoms with van der Waals surface area (Å²) < 4.78 is 30.5. The first-order valence-corrected chi connectivity index (χ1v) is 15.7. The number of rotatable bonds is 11. The molecule has 2 heterocycles. The van der Waals surface area contributed by atoms with Gasteiger partial charge in [-0.1, -0.05) is 30.3 Å². The zero-order valence-electron chi connectivity index (χ0n) is 24.1. The fourth-order valence-electron chi connectivity index (χ4n) is 4.85. The summed E-state index contributed by atoms with van der Waals surface area (Å²) in [6, 6.07) is 13.3. The summed E-state index contributed by atoms with van der Waals surface area (Å²) in [4.78, 5) is 47.7. The number of benzene rings is 1. The van der Waals surface area contributed by atoms with Crippen LogP contribution in [0.5, 0.6) is 0 Å². The van der Waals surface area contributed by atoms with E-state index in [1.165, 1.54) is 16.7 Å². The van der Waals surface area contributed by atoms with E-state index in [9.17, 15) is 18.9 Å². The van der Waals surface area contributed by atoms with Gasteiger partial charge in [0, 0.05) is 31.7 Å². The molecule has 1 aliphatic heterocycles. The quantitative estimate of drug-likeness (QED) is 0.378. The Morgan fingerprint density at radius 1 is 0.951 bits per heavy atom. The summed E-state index contributed by atoms with van der Waals surface area (Å²) >= 11 is 0. The van der Waals surface area contributed by atoms with Crippen LogP contribution in [0.25, 0.3) is 11.3 Å². The Morgan fingerprint density at radius 2 is 1.56 bits per heavy atom. The van der Waals surface area contributed by atoms with Gasteiger partial charge in [0.2, 0.25) is 5.28 Å². The molecule has 1 aliphatic carbocycles. The minimum Gasteiger partial charge on any atom is -0.450 e. The molecule has 0 bridgehead atoms. The minimum atomic E-state index is -4.23. The van der Waals surface area contributed by atoms with E-state index in [2.05, 4.69) is 10.3 Å². The molecule has 0 spiro atoms. The lowest BCUT2D eigenvalue weighted by atomic mass is 10.0. The Balaban J connectivity index is 1.66. The Kier molecular flexibility index (Phi) is 9.84. The van der Waals surface area contributed by atoms with Gasteiger partial charge in [0.1, 0.15) is 5.69 Å². The maximum atomic E-state index is 14.2. The highest BCUT2D eigenvalue weighted by molar-refractivity contribution is 7.56. The molecule has 0 radical (unpaired) electrons. The monoisotopic (exact) mass is 586 g/mol. The number of hydrogen-bond acceptors (Lipinski definition) is 8. The second-order valence-electron chi connectivity index (χ2n) is 10.1. The maximum Gasteiger partial charge on any atom is 0.409 e. The second-order valence-corrected chi connectivity index (χ2v) is 12.6. The SMILES string of the molecule is CCOC(=O)N1CCN(C(=O)[C@@](C)(NC(=O)c2cc(C3CC3)cc(-c3ccccc3)n2)P(=O)(OCC)OCC)CC1. The summed E-state index contributed by atoms with van der Waals surface area (Å²) in [6.07, 6.45) is 1.59. The van der Waals surface area contributed by atoms with Gasteiger partial charge in [0.05, 0.1) is 25.5 Å². The smallest absolute Gasteiger partial charge is 0.409 e. The van der Waals surface area contributed by atoms with Crippen molar-refractivity contribution in [3.05, 3.63) is 53.7 Å². The standard InChI is InChI=1S/C29H39N4O7P/c1-5-38-28(36)33-17-15-32(16-18-33)27(35)29(4,41(37,39-6-2)40-7-3)31-26(34)25-20-23(21-13-14-21)19-24(30-25)22-11-9-8-10-12-22/h8-12,19-21H,5-7,13-18H2,1-4H3,(H,31,34)/t29-/m0/s1. The normalized spacial score (nSPS) is 17.1. The predicted octanol–water partition coefficient (Wildman–Crippen LogP) is 4.64. The topological polar surface area (TPSA) is 127 Å². The van der Waals surface area contributed by atoms with E-state index < -0.39 is 30.8 Å². The van der Waals surface area contributed by atoms with Crippen LogP contribution in [0.1, 0.15) is 62.5 Å². The lowest BCUT2D eigenvalue weighted by Gasteiger charge is -2.41. The highest BCUT2D eigenvalue weighted by Crippen LogP contribution is 2.59. The number of amides is 3. The number of aromatic nitrogens is 1. The number of carbonyl (C=O) groups is 3. The molecular formula is C29H39N4O7P. The van der Waals surface area contributed by atoms with E-state index in [0.29, 0.717) is 11.6 Å². The van der Waals surface area contributed by atoms with Crippen molar-refractivity contribution in [3.63, 3.8) is 0 Å². The number of carbonyl (C=O) groups excluding carboxylic acids is 3. The minimum absolute atomic E-state index is 0.000223. The first-order valence-electron chi connectivity index (χ1n) is 14.2. The largest absolute Gasteiger partial charge is 0.450 e. The molecule has 4 rings (SSSR count). The van der Waals surface area contributed by atoms with E-state index in [-0.39, 0.29) is 51.7 Å². The maximum absolute atomic E-state index is 14.2. The lowest BCUT2D eigenvalue weighted by molar-refractivity contribution is -0.136. The molecule has 2 fully saturated rings. The van der Waals surface area contributed by atoms with Crippen LogP contribution in [0.15, 0.2) is 42.5 Å². The van der Waals surface area contributed by atoms with Crippen molar-refractivity contribution in [1.82, 2.24) is 20.1 Å². The summed E-state index contributed by atoms with van der Waals surface area (Å²) in [5.41, 5.74) is 2.60. The van der Waals surface area contributed by atoms with Gasteiger partial charge in [-0.15, -0.1) is 0 Å². The Labute approximate surface area is 241 Å². The molecule has 222 valence electrons. The van der Waals surface area contributed by atoms with Gasteiger partial charge in [-0.2, -0.15) is 0 Å². The average Bonchev–Trinajstić information content (AvgIpc) is 3.83. The van der Waals surface area contributed by atoms with Gasteiger partial charge < -0.3 is 28.9 Å². The number of ether oxygens (including phenoxy) is 1. The lowest BCUT2D eigenvalue weighted by Crippen LogP contribution is -2.61. The fraction of sp³-hybridized carbons (Fsp3) is 0.517. The Bertz CT molecular complexity index is 1290. The predicted molar refractivity (Wildman–Crippen MR) is 154 cm³/mol. The van der Waals surface area contributed by atoms with Crippen LogP contribution in [-0.4, -0.2) is 84.0 Å². The van der Waals surface area contributed by atoms with Gasteiger partial charge in [0.25, 0.3) is 11.8 Å². The third kappa shape index (κ3) is 6.80. The molecule has 1 aromatic heterocycles. The number of hydrogen-bond donors (Lipinski definition) is 1. The number of pyridine rings is 1. The van der Waals surface area contributed by atoms with E-state index >= 15 is 0 Å². The molecular weight excluding hydrogens is 547 g/mol. The first kappa shape index (κ1) is 30.7. The van der Waals surface area contributed by atoms with Gasteiger partial charge >= 0.3 is 13.7 Å². The summed E-state index contributed by atoms with van der Waals surface area (Å²) in [6.45, 7) is 7.41. The average molecular weight is 587 g/mol. The zero-order valence-corrected chi connectivity index (χ0v) is 25.0. The van der Waals surface area contributed by atoms with E-state index in [4.69, 9.17) is 13.8 Å². The van der Waals surface area contributed by atoms with Crippen molar-refractivity contribution in [2.24, 2.45) is 0 Å². The molecule has 41 heavy (non-hydrogen) atoms. The van der Waals surface area contributed by atoms with Crippen LogP contribution in [0, 0.1) is 0 Å². The van der Waals surface area contributed by atoms with Gasteiger partial charge in [-0.25, -0.2) is 9.78 Å². The van der Waals surface area contributed by atoms with E-state index in [1.54, 1.807) is 26.8 Å². The molecule has 1 saturated heterocycles. The van der Waals surface area contributed by atoms with Crippen molar-refractivity contribution >= 4 is 25.5 Å². The van der Waals surface area contributed by atoms with Crippen LogP contribution in [0.4, 0.5) is 4.79 Å². The van der Waals surface area contributed by atoms with Crippen molar-refractivity contribution < 1.29 is 32.7 Å². The van der Waals surface area contributed by atoms with Gasteiger partial charge in [-0.05, 0) is 64.2 Å². The van der Waals surface area contributed by atoms with Gasteiger partial charge in [0.15, 0.2) is 0 Å². The molecule has 1 N–H and O–H groups in total. The van der Waals surface area contributed by atoms with Crippen molar-refractivity contribution in [2.45, 2.75) is 51.7 Å². The Hall–Kier alpha value is -3.27. The number of piperazine rings is 1. The van der Waals surface area contributed by atoms with Crippen LogP contribution in [0.2, 0.25) is 0 Å². The van der Waals surface area contributed by atoms with Crippen molar-refractivity contribution in [1.29, 1.82) is 0 Å². The van der Waals surface area contributed by atoms with Gasteiger partial charge in [-0.3, -0.25) is 14.2 Å². The molecule has 12 heteroatoms. The second kappa shape index (κ2) is 13.1.